The van der Waals surface area contributed by atoms with E-state index >= 15 is 0 Å². The first-order chi connectivity index (χ1) is 24.6. The van der Waals surface area contributed by atoms with Gasteiger partial charge in [-0.1, -0.05) is 76.4 Å². The van der Waals surface area contributed by atoms with E-state index in [9.17, 15) is 0 Å². The van der Waals surface area contributed by atoms with Crippen LogP contribution in [0, 0.1) is 0 Å². The van der Waals surface area contributed by atoms with E-state index in [1.807, 2.05) is 84.9 Å². The van der Waals surface area contributed by atoms with Crippen molar-refractivity contribution >= 4 is 62.2 Å². The zero-order valence-corrected chi connectivity index (χ0v) is 29.9. The van der Waals surface area contributed by atoms with E-state index in [0.29, 0.717) is 0 Å². The third kappa shape index (κ3) is 11.7. The van der Waals surface area contributed by atoms with Gasteiger partial charge in [0.25, 0.3) is 0 Å². The number of azo groups is 3. The Labute approximate surface area is 298 Å². The van der Waals surface area contributed by atoms with Crippen LogP contribution in [0.4, 0.5) is 39.8 Å². The van der Waals surface area contributed by atoms with Crippen molar-refractivity contribution in [2.75, 3.05) is 18.0 Å². The Morgan fingerprint density at radius 3 is 1.28 bits per heavy atom. The molecule has 0 radical (unpaired) electrons. The second-order valence-electron chi connectivity index (χ2n) is 11.8. The standard InChI is InChI=1S/C40H45N7.O2S/c1-4-7-12-31-15-17-32(18-16-31)41-42-33-19-21-34(22-20-33)43-45-39-27-28-40(38-14-11-10-13-37(38)39)46-44-35-23-25-36(26-24-35)47(29-8-5-2)30-9-6-3;1-3-2/h10-11,13-28H,4-9,12,29-30H2,1-3H3;. The Balaban J connectivity index is 0.00000181. The minimum absolute atomic E-state index is 0.739. The molecule has 0 spiro atoms. The zero-order chi connectivity index (χ0) is 35.4. The molecule has 50 heavy (non-hydrogen) atoms. The highest BCUT2D eigenvalue weighted by molar-refractivity contribution is 7.51. The highest BCUT2D eigenvalue weighted by atomic mass is 32.1. The summed E-state index contributed by atoms with van der Waals surface area (Å²) in [6.45, 7) is 8.85. The Bertz CT molecular complexity index is 1880. The number of benzene rings is 5. The summed E-state index contributed by atoms with van der Waals surface area (Å²) in [6, 6.07) is 36.3. The SMILES string of the molecule is CCCCc1ccc(N=Nc2ccc(N=Nc3ccc(N=Nc4ccc(N(CCCC)CCCC)cc4)c4ccccc34)cc2)cc1.O=S=O. The molecule has 5 aromatic carbocycles. The molecule has 0 fully saturated rings. The molecule has 9 nitrogen and oxygen atoms in total. The monoisotopic (exact) mass is 687 g/mol. The molecule has 0 aliphatic carbocycles. The van der Waals surface area contributed by atoms with Crippen molar-refractivity contribution in [1.29, 1.82) is 0 Å². The minimum Gasteiger partial charge on any atom is -0.372 e. The Kier molecular flexibility index (Phi) is 15.8. The van der Waals surface area contributed by atoms with Gasteiger partial charge in [-0.25, -0.2) is 0 Å². The number of unbranched alkanes of at least 4 members (excludes halogenated alkanes) is 3. The van der Waals surface area contributed by atoms with Gasteiger partial charge in [-0.15, -0.1) is 10.2 Å². The lowest BCUT2D eigenvalue weighted by Crippen LogP contribution is -2.25. The van der Waals surface area contributed by atoms with Crippen LogP contribution >= 0.6 is 0 Å². The van der Waals surface area contributed by atoms with Gasteiger partial charge in [0.2, 0.25) is 0 Å². The van der Waals surface area contributed by atoms with Crippen LogP contribution in [0.1, 0.15) is 64.9 Å². The van der Waals surface area contributed by atoms with Gasteiger partial charge in [0.05, 0.1) is 34.1 Å². The molecule has 0 aromatic heterocycles. The van der Waals surface area contributed by atoms with Gasteiger partial charge in [-0.05, 0) is 104 Å². The first-order valence-corrected chi connectivity index (χ1v) is 18.0. The normalized spacial score (nSPS) is 11.3. The first kappa shape index (κ1) is 37.6. The summed E-state index contributed by atoms with van der Waals surface area (Å²) in [5.74, 6) is 0. The van der Waals surface area contributed by atoms with Crippen LogP contribution in [-0.2, 0) is 18.0 Å². The van der Waals surface area contributed by atoms with Crippen LogP contribution in [0.15, 0.2) is 140 Å². The van der Waals surface area contributed by atoms with Gasteiger partial charge >= 0.3 is 11.6 Å². The number of nitrogens with zero attached hydrogens (tertiary/aromatic N) is 7. The summed E-state index contributed by atoms with van der Waals surface area (Å²) < 4.78 is 16.6. The molecule has 0 aliphatic rings. The largest absolute Gasteiger partial charge is 0.372 e. The van der Waals surface area contributed by atoms with Crippen LogP contribution in [0.3, 0.4) is 0 Å². The van der Waals surface area contributed by atoms with E-state index in [1.165, 1.54) is 49.8 Å². The molecular weight excluding hydrogens is 643 g/mol. The van der Waals surface area contributed by atoms with E-state index in [1.54, 1.807) is 0 Å². The molecular formula is C40H45N7O2S. The predicted octanol–water partition coefficient (Wildman–Crippen LogP) is 13.2. The highest BCUT2D eigenvalue weighted by Gasteiger charge is 2.07. The van der Waals surface area contributed by atoms with Gasteiger partial charge in [0.1, 0.15) is 0 Å². The van der Waals surface area contributed by atoms with E-state index < -0.39 is 11.6 Å². The summed E-state index contributed by atoms with van der Waals surface area (Å²) >= 11 is -0.750. The first-order valence-electron chi connectivity index (χ1n) is 17.3. The number of rotatable bonds is 16. The summed E-state index contributed by atoms with van der Waals surface area (Å²) in [4.78, 5) is 2.48. The quantitative estimate of drug-likeness (QED) is 0.0962. The van der Waals surface area contributed by atoms with E-state index in [2.05, 4.69) is 80.6 Å². The van der Waals surface area contributed by atoms with Crippen LogP contribution < -0.4 is 4.90 Å². The maximum atomic E-state index is 8.29. The lowest BCUT2D eigenvalue weighted by molar-refractivity contribution is 0.630. The second-order valence-corrected chi connectivity index (χ2v) is 12.0. The third-order valence-corrected chi connectivity index (χ3v) is 8.09. The average molecular weight is 688 g/mol. The number of aryl methyl sites for hydroxylation is 1. The summed E-state index contributed by atoms with van der Waals surface area (Å²) in [7, 11) is 0. The number of anilines is 1. The third-order valence-electron chi connectivity index (χ3n) is 8.09. The number of hydrogen-bond acceptors (Lipinski definition) is 9. The Morgan fingerprint density at radius 2 is 0.860 bits per heavy atom. The van der Waals surface area contributed by atoms with Crippen molar-refractivity contribution < 1.29 is 8.42 Å². The van der Waals surface area contributed by atoms with Crippen molar-refractivity contribution in [3.8, 4) is 0 Å². The summed E-state index contributed by atoms with van der Waals surface area (Å²) in [6.07, 6.45) is 8.27. The van der Waals surface area contributed by atoms with Crippen LogP contribution in [0.2, 0.25) is 0 Å². The van der Waals surface area contributed by atoms with Crippen molar-refractivity contribution in [2.45, 2.75) is 65.7 Å². The Morgan fingerprint density at radius 1 is 0.480 bits per heavy atom. The lowest BCUT2D eigenvalue weighted by atomic mass is 10.1. The molecule has 0 bridgehead atoms. The molecule has 258 valence electrons. The molecule has 0 heterocycles. The predicted molar refractivity (Wildman–Crippen MR) is 205 cm³/mol. The van der Waals surface area contributed by atoms with Crippen molar-refractivity contribution in [3.63, 3.8) is 0 Å². The van der Waals surface area contributed by atoms with E-state index in [-0.39, 0.29) is 0 Å². The van der Waals surface area contributed by atoms with E-state index in [0.717, 1.165) is 64.4 Å². The average Bonchev–Trinajstić information content (AvgIpc) is 3.16. The van der Waals surface area contributed by atoms with Gasteiger partial charge in [0, 0.05) is 29.5 Å². The van der Waals surface area contributed by atoms with Crippen molar-refractivity contribution in [2.24, 2.45) is 30.7 Å². The van der Waals surface area contributed by atoms with Gasteiger partial charge in [-0.2, -0.15) is 28.9 Å². The van der Waals surface area contributed by atoms with Gasteiger partial charge in [0.15, 0.2) is 0 Å². The molecule has 0 saturated carbocycles. The van der Waals surface area contributed by atoms with Crippen LogP contribution in [0.25, 0.3) is 10.8 Å². The fraction of sp³-hybridized carbons (Fsp3) is 0.300. The minimum atomic E-state index is -0.750. The fourth-order valence-electron chi connectivity index (χ4n) is 5.27. The molecule has 0 unspecified atom stereocenters. The maximum absolute atomic E-state index is 8.29. The molecule has 0 N–H and O–H groups in total. The Hall–Kier alpha value is -5.22. The second kappa shape index (κ2) is 21.0. The van der Waals surface area contributed by atoms with Gasteiger partial charge in [-0.3, -0.25) is 0 Å². The van der Waals surface area contributed by atoms with E-state index in [4.69, 9.17) is 8.42 Å². The van der Waals surface area contributed by atoms with Crippen molar-refractivity contribution in [1.82, 2.24) is 0 Å². The van der Waals surface area contributed by atoms with Crippen LogP contribution in [0.5, 0.6) is 0 Å². The molecule has 0 aliphatic heterocycles. The number of fused-ring (bicyclic) bond motifs is 1. The molecule has 5 rings (SSSR count). The number of hydrogen-bond donors (Lipinski definition) is 0. The van der Waals surface area contributed by atoms with Gasteiger partial charge < -0.3 is 4.90 Å². The van der Waals surface area contributed by atoms with Crippen molar-refractivity contribution in [3.05, 3.63) is 115 Å². The van der Waals surface area contributed by atoms with Crippen LogP contribution in [-0.4, -0.2) is 21.5 Å². The molecule has 0 saturated heterocycles. The summed E-state index contributed by atoms with van der Waals surface area (Å²) in [5, 5.41) is 29.0. The molecule has 0 amide bonds. The fourth-order valence-corrected chi connectivity index (χ4v) is 5.27. The zero-order valence-electron chi connectivity index (χ0n) is 29.1. The molecule has 10 heteroatoms. The molecule has 0 atom stereocenters. The lowest BCUT2D eigenvalue weighted by Gasteiger charge is -2.24. The summed E-state index contributed by atoms with van der Waals surface area (Å²) in [5.41, 5.74) is 7.32. The smallest absolute Gasteiger partial charge is 0.335 e. The molecule has 5 aromatic rings. The highest BCUT2D eigenvalue weighted by Crippen LogP contribution is 2.35. The topological polar surface area (TPSA) is 112 Å². The maximum Gasteiger partial charge on any atom is 0.335 e.